The second kappa shape index (κ2) is 6.38. The van der Waals surface area contributed by atoms with Gasteiger partial charge in [0.1, 0.15) is 18.2 Å². The molecule has 2 aromatic carbocycles. The van der Waals surface area contributed by atoms with Crippen molar-refractivity contribution in [3.8, 4) is 11.8 Å². The highest BCUT2D eigenvalue weighted by atomic mass is 35.5. The van der Waals surface area contributed by atoms with Gasteiger partial charge in [0.2, 0.25) is 0 Å². The molecule has 0 radical (unpaired) electrons. The van der Waals surface area contributed by atoms with Crippen molar-refractivity contribution in [2.45, 2.75) is 13.2 Å². The Labute approximate surface area is 121 Å². The van der Waals surface area contributed by atoms with E-state index < -0.39 is 5.82 Å². The number of rotatable bonds is 4. The molecule has 0 unspecified atom stereocenters. The maximum Gasteiger partial charge on any atom is 0.131 e. The monoisotopic (exact) mass is 290 g/mol. The molecule has 5 heteroatoms. The summed E-state index contributed by atoms with van der Waals surface area (Å²) in [5.74, 6) is 0.0594. The number of benzene rings is 2. The van der Waals surface area contributed by atoms with Crippen LogP contribution in [0.1, 0.15) is 16.7 Å². The minimum atomic E-state index is -0.472. The Balaban J connectivity index is 2.17. The summed E-state index contributed by atoms with van der Waals surface area (Å²) < 4.78 is 19.3. The Morgan fingerprint density at radius 3 is 2.75 bits per heavy atom. The highest BCUT2D eigenvalue weighted by Crippen LogP contribution is 2.26. The van der Waals surface area contributed by atoms with Gasteiger partial charge in [-0.25, -0.2) is 4.39 Å². The molecule has 2 aromatic rings. The number of nitrogens with zero attached hydrogens (tertiary/aromatic N) is 1. The molecule has 102 valence electrons. The average molecular weight is 291 g/mol. The standard InChI is InChI=1S/C15H12ClFN2O/c16-13-2-1-3-15(12(13)8-19)20-9-11-5-4-10(7-18)6-14(11)17/h1-6H,8-9,19H2. The fourth-order valence-electron chi connectivity index (χ4n) is 1.76. The van der Waals surface area contributed by atoms with E-state index in [0.717, 1.165) is 0 Å². The first kappa shape index (κ1) is 14.3. The molecule has 0 heterocycles. The van der Waals surface area contributed by atoms with Crippen molar-refractivity contribution in [3.63, 3.8) is 0 Å². The lowest BCUT2D eigenvalue weighted by Gasteiger charge is -2.12. The summed E-state index contributed by atoms with van der Waals surface area (Å²) in [4.78, 5) is 0. The van der Waals surface area contributed by atoms with Crippen LogP contribution in [0.3, 0.4) is 0 Å². The zero-order valence-corrected chi connectivity index (χ0v) is 11.3. The predicted octanol–water partition coefficient (Wildman–Crippen LogP) is 3.39. The molecular weight excluding hydrogens is 279 g/mol. The van der Waals surface area contributed by atoms with Crippen LogP contribution in [0, 0.1) is 17.1 Å². The minimum absolute atomic E-state index is 0.0465. The molecule has 0 aliphatic rings. The van der Waals surface area contributed by atoms with Gasteiger partial charge in [0.15, 0.2) is 0 Å². The van der Waals surface area contributed by atoms with Gasteiger partial charge < -0.3 is 10.5 Å². The molecule has 0 atom stereocenters. The number of nitrogens with two attached hydrogens (primary N) is 1. The Morgan fingerprint density at radius 2 is 2.10 bits per heavy atom. The van der Waals surface area contributed by atoms with Crippen molar-refractivity contribution in [1.82, 2.24) is 0 Å². The molecule has 0 amide bonds. The smallest absolute Gasteiger partial charge is 0.131 e. The summed E-state index contributed by atoms with van der Waals surface area (Å²) in [5, 5.41) is 9.20. The van der Waals surface area contributed by atoms with Crippen molar-refractivity contribution < 1.29 is 9.13 Å². The van der Waals surface area contributed by atoms with Gasteiger partial charge in [0.25, 0.3) is 0 Å². The zero-order chi connectivity index (χ0) is 14.5. The first-order valence-electron chi connectivity index (χ1n) is 5.94. The van der Waals surface area contributed by atoms with E-state index in [4.69, 9.17) is 27.3 Å². The highest BCUT2D eigenvalue weighted by molar-refractivity contribution is 6.31. The van der Waals surface area contributed by atoms with E-state index in [1.807, 2.05) is 6.07 Å². The van der Waals surface area contributed by atoms with Crippen LogP contribution in [-0.4, -0.2) is 0 Å². The molecule has 0 aromatic heterocycles. The van der Waals surface area contributed by atoms with Crippen molar-refractivity contribution in [3.05, 3.63) is 63.9 Å². The first-order valence-corrected chi connectivity index (χ1v) is 6.32. The van der Waals surface area contributed by atoms with Crippen LogP contribution in [-0.2, 0) is 13.2 Å². The molecule has 2 N–H and O–H groups in total. The molecule has 0 aliphatic carbocycles. The summed E-state index contributed by atoms with van der Waals surface area (Å²) in [6.45, 7) is 0.287. The summed E-state index contributed by atoms with van der Waals surface area (Å²) >= 11 is 6.01. The number of ether oxygens (including phenoxy) is 1. The second-order valence-corrected chi connectivity index (χ2v) is 4.53. The third-order valence-corrected chi connectivity index (χ3v) is 3.20. The SMILES string of the molecule is N#Cc1ccc(COc2cccc(Cl)c2CN)c(F)c1. The predicted molar refractivity (Wildman–Crippen MR) is 74.8 cm³/mol. The molecular formula is C15H12ClFN2O. The highest BCUT2D eigenvalue weighted by Gasteiger charge is 2.09. The van der Waals surface area contributed by atoms with Crippen LogP contribution in [0.4, 0.5) is 4.39 Å². The van der Waals surface area contributed by atoms with Gasteiger partial charge >= 0.3 is 0 Å². The van der Waals surface area contributed by atoms with Crippen molar-refractivity contribution >= 4 is 11.6 Å². The number of halogens is 2. The van der Waals surface area contributed by atoms with Gasteiger partial charge in [0.05, 0.1) is 11.6 Å². The molecule has 0 saturated carbocycles. The van der Waals surface area contributed by atoms with Crippen molar-refractivity contribution in [2.24, 2.45) is 5.73 Å². The van der Waals surface area contributed by atoms with E-state index in [0.29, 0.717) is 21.9 Å². The number of hydrogen-bond donors (Lipinski definition) is 1. The third-order valence-electron chi connectivity index (χ3n) is 2.85. The normalized spacial score (nSPS) is 10.1. The lowest BCUT2D eigenvalue weighted by molar-refractivity contribution is 0.297. The van der Waals surface area contributed by atoms with Crippen LogP contribution >= 0.6 is 11.6 Å². The fourth-order valence-corrected chi connectivity index (χ4v) is 2.00. The summed E-state index contributed by atoms with van der Waals surface area (Å²) in [5.41, 5.74) is 6.94. The van der Waals surface area contributed by atoms with E-state index >= 15 is 0 Å². The molecule has 0 aliphatic heterocycles. The molecule has 0 fully saturated rings. The van der Waals surface area contributed by atoms with Gasteiger partial charge in [-0.3, -0.25) is 0 Å². The van der Waals surface area contributed by atoms with E-state index in [1.165, 1.54) is 12.1 Å². The fraction of sp³-hybridized carbons (Fsp3) is 0.133. The number of nitriles is 1. The molecule has 3 nitrogen and oxygen atoms in total. The maximum absolute atomic E-state index is 13.7. The van der Waals surface area contributed by atoms with Gasteiger partial charge in [-0.1, -0.05) is 23.7 Å². The van der Waals surface area contributed by atoms with Crippen molar-refractivity contribution in [2.75, 3.05) is 0 Å². The second-order valence-electron chi connectivity index (χ2n) is 4.13. The van der Waals surface area contributed by atoms with E-state index in [9.17, 15) is 4.39 Å². The Hall–Kier alpha value is -2.09. The first-order chi connectivity index (χ1) is 9.65. The quantitative estimate of drug-likeness (QED) is 0.939. The molecule has 0 saturated heterocycles. The third kappa shape index (κ3) is 3.08. The average Bonchev–Trinajstić information content (AvgIpc) is 2.46. The largest absolute Gasteiger partial charge is 0.488 e. The van der Waals surface area contributed by atoms with Crippen LogP contribution < -0.4 is 10.5 Å². The Morgan fingerprint density at radius 1 is 1.30 bits per heavy atom. The number of hydrogen-bond acceptors (Lipinski definition) is 3. The van der Waals surface area contributed by atoms with E-state index in [2.05, 4.69) is 0 Å². The van der Waals surface area contributed by atoms with E-state index in [1.54, 1.807) is 24.3 Å². The van der Waals surface area contributed by atoms with E-state index in [-0.39, 0.29) is 18.7 Å². The minimum Gasteiger partial charge on any atom is -0.488 e. The van der Waals surface area contributed by atoms with Gasteiger partial charge in [-0.15, -0.1) is 0 Å². The van der Waals surface area contributed by atoms with Crippen LogP contribution in [0.25, 0.3) is 0 Å². The Kier molecular flexibility index (Phi) is 4.57. The van der Waals surface area contributed by atoms with Crippen LogP contribution in [0.2, 0.25) is 5.02 Å². The maximum atomic E-state index is 13.7. The van der Waals surface area contributed by atoms with Gasteiger partial charge in [-0.2, -0.15) is 5.26 Å². The lowest BCUT2D eigenvalue weighted by Crippen LogP contribution is -2.04. The summed E-state index contributed by atoms with van der Waals surface area (Å²) in [6, 6.07) is 11.3. The zero-order valence-electron chi connectivity index (χ0n) is 10.6. The molecule has 20 heavy (non-hydrogen) atoms. The van der Waals surface area contributed by atoms with Crippen LogP contribution in [0.5, 0.6) is 5.75 Å². The van der Waals surface area contributed by atoms with Gasteiger partial charge in [0, 0.05) is 22.7 Å². The molecule has 2 rings (SSSR count). The van der Waals surface area contributed by atoms with Gasteiger partial charge in [-0.05, 0) is 24.3 Å². The Bertz CT molecular complexity index is 667. The van der Waals surface area contributed by atoms with Crippen molar-refractivity contribution in [1.29, 1.82) is 5.26 Å². The molecule has 0 spiro atoms. The lowest BCUT2D eigenvalue weighted by atomic mass is 10.1. The topological polar surface area (TPSA) is 59.0 Å². The molecule has 0 bridgehead atoms. The summed E-state index contributed by atoms with van der Waals surface area (Å²) in [7, 11) is 0. The summed E-state index contributed by atoms with van der Waals surface area (Å²) in [6.07, 6.45) is 0. The van der Waals surface area contributed by atoms with Crippen LogP contribution in [0.15, 0.2) is 36.4 Å².